The molecule has 0 spiro atoms. The van der Waals surface area contributed by atoms with Crippen molar-refractivity contribution in [1.82, 2.24) is 9.97 Å². The predicted molar refractivity (Wildman–Crippen MR) is 86.7 cm³/mol. The number of aromatic nitrogens is 2. The van der Waals surface area contributed by atoms with Crippen molar-refractivity contribution >= 4 is 11.6 Å². The minimum absolute atomic E-state index is 0.562. The number of rotatable bonds is 6. The average Bonchev–Trinajstić information content (AvgIpc) is 3.33. The van der Waals surface area contributed by atoms with Crippen molar-refractivity contribution < 1.29 is 0 Å². The summed E-state index contributed by atoms with van der Waals surface area (Å²) in [6.07, 6.45) is 2.44. The quantitative estimate of drug-likeness (QED) is 0.881. The van der Waals surface area contributed by atoms with Gasteiger partial charge < -0.3 is 10.2 Å². The zero-order valence-corrected chi connectivity index (χ0v) is 12.7. The normalized spacial score (nSPS) is 14.0. The van der Waals surface area contributed by atoms with E-state index in [4.69, 9.17) is 4.98 Å². The Morgan fingerprint density at radius 2 is 1.95 bits per heavy atom. The van der Waals surface area contributed by atoms with E-state index in [-0.39, 0.29) is 0 Å². The van der Waals surface area contributed by atoms with Gasteiger partial charge in [0.05, 0.1) is 0 Å². The number of nitrogens with one attached hydrogen (secondary N) is 1. The van der Waals surface area contributed by atoms with Gasteiger partial charge in [-0.1, -0.05) is 30.3 Å². The highest BCUT2D eigenvalue weighted by Gasteiger charge is 2.27. The van der Waals surface area contributed by atoms with Gasteiger partial charge in [-0.15, -0.1) is 0 Å². The maximum Gasteiger partial charge on any atom is 0.136 e. The van der Waals surface area contributed by atoms with Crippen LogP contribution in [0.4, 0.5) is 11.6 Å². The van der Waals surface area contributed by atoms with E-state index in [1.165, 1.54) is 18.4 Å². The van der Waals surface area contributed by atoms with Crippen molar-refractivity contribution in [3.05, 3.63) is 47.8 Å². The molecule has 2 aromatic rings. The lowest BCUT2D eigenvalue weighted by Gasteiger charge is -2.20. The van der Waals surface area contributed by atoms with E-state index < -0.39 is 0 Å². The van der Waals surface area contributed by atoms with Crippen LogP contribution in [-0.2, 0) is 6.54 Å². The summed E-state index contributed by atoms with van der Waals surface area (Å²) in [5.74, 6) is 3.48. The number of hydrogen-bond donors (Lipinski definition) is 1. The molecule has 110 valence electrons. The summed E-state index contributed by atoms with van der Waals surface area (Å²) < 4.78 is 0. The number of anilines is 2. The summed E-state index contributed by atoms with van der Waals surface area (Å²) in [6.45, 7) is 3.82. The molecule has 4 heteroatoms. The molecule has 0 aliphatic heterocycles. The van der Waals surface area contributed by atoms with Crippen LogP contribution in [0.5, 0.6) is 0 Å². The second-order valence-corrected chi connectivity index (χ2v) is 5.62. The lowest BCUT2D eigenvalue weighted by atomic mass is 10.2. The van der Waals surface area contributed by atoms with Crippen LogP contribution in [0.1, 0.15) is 37.1 Å². The van der Waals surface area contributed by atoms with Crippen LogP contribution < -0.4 is 10.2 Å². The summed E-state index contributed by atoms with van der Waals surface area (Å²) in [5.41, 5.74) is 1.29. The molecule has 1 aliphatic carbocycles. The smallest absolute Gasteiger partial charge is 0.136 e. The van der Waals surface area contributed by atoms with E-state index in [1.807, 2.05) is 12.1 Å². The third kappa shape index (κ3) is 3.51. The molecular weight excluding hydrogens is 260 g/mol. The van der Waals surface area contributed by atoms with E-state index >= 15 is 0 Å². The van der Waals surface area contributed by atoms with Crippen molar-refractivity contribution in [2.24, 2.45) is 0 Å². The topological polar surface area (TPSA) is 41.0 Å². The molecule has 0 radical (unpaired) electrons. The van der Waals surface area contributed by atoms with E-state index in [2.05, 4.69) is 53.4 Å². The first-order valence-corrected chi connectivity index (χ1v) is 7.64. The fraction of sp³-hybridized carbons (Fsp3) is 0.412. The molecule has 21 heavy (non-hydrogen) atoms. The molecule has 4 nitrogen and oxygen atoms in total. The van der Waals surface area contributed by atoms with Gasteiger partial charge in [-0.25, -0.2) is 9.97 Å². The van der Waals surface area contributed by atoms with E-state index in [9.17, 15) is 0 Å². The monoisotopic (exact) mass is 282 g/mol. The molecule has 0 amide bonds. The maximum absolute atomic E-state index is 4.75. The first kappa shape index (κ1) is 13.9. The van der Waals surface area contributed by atoms with Gasteiger partial charge >= 0.3 is 0 Å². The van der Waals surface area contributed by atoms with Crippen molar-refractivity contribution in [1.29, 1.82) is 0 Å². The molecule has 1 aromatic heterocycles. The summed E-state index contributed by atoms with van der Waals surface area (Å²) in [4.78, 5) is 11.6. The Kier molecular flexibility index (Phi) is 4.04. The van der Waals surface area contributed by atoms with E-state index in [1.54, 1.807) is 0 Å². The molecule has 0 saturated heterocycles. The minimum Gasteiger partial charge on any atom is -0.370 e. The summed E-state index contributed by atoms with van der Waals surface area (Å²) in [7, 11) is 2.09. The van der Waals surface area contributed by atoms with Crippen molar-refractivity contribution in [2.45, 2.75) is 32.2 Å². The fourth-order valence-corrected chi connectivity index (χ4v) is 2.38. The molecule has 0 atom stereocenters. The van der Waals surface area contributed by atoms with Crippen molar-refractivity contribution in [2.75, 3.05) is 23.8 Å². The predicted octanol–water partition coefficient (Wildman–Crippen LogP) is 3.42. The van der Waals surface area contributed by atoms with Crippen molar-refractivity contribution in [3.63, 3.8) is 0 Å². The Labute approximate surface area is 126 Å². The molecule has 1 heterocycles. The second-order valence-electron chi connectivity index (χ2n) is 5.62. The van der Waals surface area contributed by atoms with Gasteiger partial charge in [-0.2, -0.15) is 0 Å². The third-order valence-corrected chi connectivity index (χ3v) is 3.68. The first-order chi connectivity index (χ1) is 10.3. The highest BCUT2D eigenvalue weighted by molar-refractivity contribution is 5.50. The van der Waals surface area contributed by atoms with Gasteiger partial charge in [0.2, 0.25) is 0 Å². The molecule has 1 aliphatic rings. The molecule has 0 unspecified atom stereocenters. The lowest BCUT2D eigenvalue weighted by Crippen LogP contribution is -2.19. The SMILES string of the molecule is CCNc1cc(N(C)Cc2ccccc2)nc(C2CC2)n1. The maximum atomic E-state index is 4.75. The Balaban J connectivity index is 1.82. The number of nitrogens with zero attached hydrogens (tertiary/aromatic N) is 3. The summed E-state index contributed by atoms with van der Waals surface area (Å²) in [5, 5.41) is 3.31. The zero-order chi connectivity index (χ0) is 14.7. The van der Waals surface area contributed by atoms with Crippen LogP contribution in [0.25, 0.3) is 0 Å². The first-order valence-electron chi connectivity index (χ1n) is 7.64. The Morgan fingerprint density at radius 3 is 2.62 bits per heavy atom. The Bertz CT molecular complexity index is 593. The molecule has 1 aromatic carbocycles. The Morgan fingerprint density at radius 1 is 1.19 bits per heavy atom. The van der Waals surface area contributed by atoms with Crippen LogP contribution >= 0.6 is 0 Å². The number of hydrogen-bond acceptors (Lipinski definition) is 4. The molecule has 1 fully saturated rings. The average molecular weight is 282 g/mol. The van der Waals surface area contributed by atoms with Gasteiger partial charge in [-0.05, 0) is 25.3 Å². The molecule has 1 N–H and O–H groups in total. The largest absolute Gasteiger partial charge is 0.370 e. The standard InChI is InChI=1S/C17H22N4/c1-3-18-15-11-16(20-17(19-15)14-9-10-14)21(2)12-13-7-5-4-6-8-13/h4-8,11,14H,3,9-10,12H2,1-2H3,(H,18,19,20). The molecule has 0 bridgehead atoms. The van der Waals surface area contributed by atoms with Crippen LogP contribution in [0.15, 0.2) is 36.4 Å². The molecule has 3 rings (SSSR count). The Hall–Kier alpha value is -2.10. The summed E-state index contributed by atoms with van der Waals surface area (Å²) >= 11 is 0. The van der Waals surface area contributed by atoms with Crippen molar-refractivity contribution in [3.8, 4) is 0 Å². The molecular formula is C17H22N4. The fourth-order valence-electron chi connectivity index (χ4n) is 2.38. The van der Waals surface area contributed by atoms with Crippen LogP contribution in [-0.4, -0.2) is 23.6 Å². The van der Waals surface area contributed by atoms with Gasteiger partial charge in [0.15, 0.2) is 0 Å². The number of benzene rings is 1. The van der Waals surface area contributed by atoms with E-state index in [0.29, 0.717) is 5.92 Å². The second kappa shape index (κ2) is 6.12. The molecule has 1 saturated carbocycles. The third-order valence-electron chi connectivity index (χ3n) is 3.68. The van der Waals surface area contributed by atoms with Crippen LogP contribution in [0.3, 0.4) is 0 Å². The van der Waals surface area contributed by atoms with E-state index in [0.717, 1.165) is 30.5 Å². The highest BCUT2D eigenvalue weighted by Crippen LogP contribution is 2.39. The summed E-state index contributed by atoms with van der Waals surface area (Å²) in [6, 6.07) is 12.5. The van der Waals surface area contributed by atoms with Crippen LogP contribution in [0, 0.1) is 0 Å². The van der Waals surface area contributed by atoms with Gasteiger partial charge in [-0.3, -0.25) is 0 Å². The minimum atomic E-state index is 0.562. The zero-order valence-electron chi connectivity index (χ0n) is 12.7. The van der Waals surface area contributed by atoms with Gasteiger partial charge in [0.25, 0.3) is 0 Å². The van der Waals surface area contributed by atoms with Crippen LogP contribution in [0.2, 0.25) is 0 Å². The van der Waals surface area contributed by atoms with Gasteiger partial charge in [0, 0.05) is 32.1 Å². The van der Waals surface area contributed by atoms with Gasteiger partial charge in [0.1, 0.15) is 17.5 Å². The lowest BCUT2D eigenvalue weighted by molar-refractivity contribution is 0.854. The highest BCUT2D eigenvalue weighted by atomic mass is 15.2.